The quantitative estimate of drug-likeness (QED) is 0.555. The lowest BCUT2D eigenvalue weighted by molar-refractivity contribution is 0.504. The zero-order valence-corrected chi connectivity index (χ0v) is 11.5. The Morgan fingerprint density at radius 2 is 1.06 bits per heavy atom. The maximum atomic E-state index is 3.63. The van der Waals surface area contributed by atoms with Gasteiger partial charge in [0.15, 0.2) is 0 Å². The molecule has 0 amide bonds. The number of allylic oxidation sites excluding steroid dienone is 2. The molecule has 1 saturated carbocycles. The summed E-state index contributed by atoms with van der Waals surface area (Å²) >= 11 is 0. The summed E-state index contributed by atoms with van der Waals surface area (Å²) in [6, 6.07) is 10.0. The van der Waals surface area contributed by atoms with Gasteiger partial charge >= 0.3 is 0 Å². The molecule has 1 aromatic carbocycles. The number of hydrogen-bond donors (Lipinski definition) is 0. The van der Waals surface area contributed by atoms with Gasteiger partial charge in [-0.3, -0.25) is 0 Å². The molecule has 1 aromatic rings. The summed E-state index contributed by atoms with van der Waals surface area (Å²) in [5.41, 5.74) is 1.17. The highest BCUT2D eigenvalue weighted by Gasteiger charge is 1.95. The molecule has 0 heterocycles. The second-order valence-electron chi connectivity index (χ2n) is 4.21. The standard InChI is InChI=1S/C8H8.C6H12.C4H6/c1-2-8-6-4-3-5-7-8;1-2-4-6-5-3-1;1-3-4-2/h2-7H,1H2;1-6H2;3-4H,1-2H2. The molecule has 0 bridgehead atoms. The minimum absolute atomic E-state index is 1.17. The van der Waals surface area contributed by atoms with Gasteiger partial charge in [0.1, 0.15) is 0 Å². The fourth-order valence-corrected chi connectivity index (χ4v) is 1.65. The Kier molecular flexibility index (Phi) is 12.3. The van der Waals surface area contributed by atoms with Crippen molar-refractivity contribution < 1.29 is 0 Å². The monoisotopic (exact) mass is 242 g/mol. The topological polar surface area (TPSA) is 0 Å². The molecular weight excluding hydrogens is 216 g/mol. The summed E-state index contributed by atoms with van der Waals surface area (Å²) in [5, 5.41) is 0. The van der Waals surface area contributed by atoms with Crippen LogP contribution in [-0.4, -0.2) is 0 Å². The van der Waals surface area contributed by atoms with E-state index in [1.807, 2.05) is 36.4 Å². The van der Waals surface area contributed by atoms with Gasteiger partial charge in [-0.25, -0.2) is 0 Å². The maximum Gasteiger partial charge on any atom is -0.0263 e. The van der Waals surface area contributed by atoms with E-state index < -0.39 is 0 Å². The zero-order valence-electron chi connectivity index (χ0n) is 11.5. The van der Waals surface area contributed by atoms with Crippen molar-refractivity contribution in [1.29, 1.82) is 0 Å². The Morgan fingerprint density at radius 3 is 1.28 bits per heavy atom. The molecule has 0 N–H and O–H groups in total. The molecule has 0 aromatic heterocycles. The highest BCUT2D eigenvalue weighted by atomic mass is 14.0. The molecule has 1 aliphatic carbocycles. The van der Waals surface area contributed by atoms with Crippen molar-refractivity contribution in [3.8, 4) is 0 Å². The van der Waals surface area contributed by atoms with Gasteiger partial charge in [0.25, 0.3) is 0 Å². The van der Waals surface area contributed by atoms with E-state index in [0.717, 1.165) is 0 Å². The average Bonchev–Trinajstić information content (AvgIpc) is 2.51. The molecule has 0 spiro atoms. The van der Waals surface area contributed by atoms with Crippen LogP contribution in [0.4, 0.5) is 0 Å². The minimum atomic E-state index is 1.17. The van der Waals surface area contributed by atoms with Crippen molar-refractivity contribution in [2.75, 3.05) is 0 Å². The van der Waals surface area contributed by atoms with Crippen LogP contribution in [0.3, 0.4) is 0 Å². The Labute approximate surface area is 113 Å². The first-order valence-electron chi connectivity index (χ1n) is 6.76. The molecule has 2 rings (SSSR count). The first kappa shape index (κ1) is 16.4. The lowest BCUT2D eigenvalue weighted by Gasteiger charge is -2.05. The second kappa shape index (κ2) is 13.5. The molecule has 1 aliphatic rings. The molecule has 18 heavy (non-hydrogen) atoms. The molecule has 0 aliphatic heterocycles. The van der Waals surface area contributed by atoms with Crippen molar-refractivity contribution in [3.05, 3.63) is 67.8 Å². The first-order valence-corrected chi connectivity index (χ1v) is 6.76. The second-order valence-corrected chi connectivity index (χ2v) is 4.21. The van der Waals surface area contributed by atoms with E-state index in [2.05, 4.69) is 19.7 Å². The van der Waals surface area contributed by atoms with Crippen LogP contribution in [-0.2, 0) is 0 Å². The molecule has 0 saturated heterocycles. The molecule has 0 unspecified atom stereocenters. The normalized spacial score (nSPS) is 12.9. The molecular formula is C18H26. The highest BCUT2D eigenvalue weighted by molar-refractivity contribution is 5.45. The summed E-state index contributed by atoms with van der Waals surface area (Å²) in [5.74, 6) is 0. The average molecular weight is 242 g/mol. The fraction of sp³-hybridized carbons (Fsp3) is 0.333. The van der Waals surface area contributed by atoms with Gasteiger partial charge in [0.2, 0.25) is 0 Å². The molecule has 0 heteroatoms. The van der Waals surface area contributed by atoms with E-state index in [4.69, 9.17) is 0 Å². The SMILES string of the molecule is C1CCCCC1.C=CC=C.C=Cc1ccccc1. The highest BCUT2D eigenvalue weighted by Crippen LogP contribution is 2.15. The van der Waals surface area contributed by atoms with Gasteiger partial charge in [-0.2, -0.15) is 0 Å². The number of hydrogen-bond acceptors (Lipinski definition) is 0. The van der Waals surface area contributed by atoms with Crippen molar-refractivity contribution in [2.24, 2.45) is 0 Å². The number of rotatable bonds is 2. The van der Waals surface area contributed by atoms with Crippen molar-refractivity contribution in [1.82, 2.24) is 0 Å². The van der Waals surface area contributed by atoms with Gasteiger partial charge in [-0.05, 0) is 5.56 Å². The maximum absolute atomic E-state index is 3.63. The summed E-state index contributed by atoms with van der Waals surface area (Å²) < 4.78 is 0. The fourth-order valence-electron chi connectivity index (χ4n) is 1.65. The van der Waals surface area contributed by atoms with Crippen LogP contribution in [0.15, 0.2) is 62.2 Å². The third-order valence-electron chi connectivity index (χ3n) is 2.70. The van der Waals surface area contributed by atoms with Crippen LogP contribution < -0.4 is 0 Å². The van der Waals surface area contributed by atoms with E-state index in [-0.39, 0.29) is 0 Å². The molecule has 0 atom stereocenters. The number of benzene rings is 1. The molecule has 0 radical (unpaired) electrons. The summed E-state index contributed by atoms with van der Waals surface area (Å²) in [6.07, 6.45) is 14.1. The van der Waals surface area contributed by atoms with Crippen molar-refractivity contribution in [2.45, 2.75) is 38.5 Å². The Hall–Kier alpha value is -1.56. The van der Waals surface area contributed by atoms with Crippen LogP contribution in [0, 0.1) is 0 Å². The van der Waals surface area contributed by atoms with Crippen LogP contribution >= 0.6 is 0 Å². The summed E-state index contributed by atoms with van der Waals surface area (Å²) in [7, 11) is 0. The third kappa shape index (κ3) is 10.9. The van der Waals surface area contributed by atoms with Gasteiger partial charge in [0.05, 0.1) is 0 Å². The van der Waals surface area contributed by atoms with Crippen LogP contribution in [0.2, 0.25) is 0 Å². The van der Waals surface area contributed by atoms with E-state index in [1.54, 1.807) is 12.2 Å². The van der Waals surface area contributed by atoms with Gasteiger partial charge in [0, 0.05) is 0 Å². The van der Waals surface area contributed by atoms with Crippen LogP contribution in [0.1, 0.15) is 44.1 Å². The lowest BCUT2D eigenvalue weighted by atomic mass is 10.0. The van der Waals surface area contributed by atoms with Gasteiger partial charge < -0.3 is 0 Å². The first-order chi connectivity index (χ1) is 8.85. The zero-order chi connectivity index (χ0) is 13.5. The van der Waals surface area contributed by atoms with Crippen LogP contribution in [0.5, 0.6) is 0 Å². The van der Waals surface area contributed by atoms with Crippen LogP contribution in [0.25, 0.3) is 6.08 Å². The lowest BCUT2D eigenvalue weighted by Crippen LogP contribution is -1.85. The van der Waals surface area contributed by atoms with Gasteiger partial charge in [-0.15, -0.1) is 0 Å². The Bertz CT molecular complexity index is 287. The van der Waals surface area contributed by atoms with E-state index in [0.29, 0.717) is 0 Å². The third-order valence-corrected chi connectivity index (χ3v) is 2.70. The smallest absolute Gasteiger partial charge is 0.0263 e. The molecule has 98 valence electrons. The van der Waals surface area contributed by atoms with E-state index in [1.165, 1.54) is 44.1 Å². The predicted molar refractivity (Wildman–Crippen MR) is 84.6 cm³/mol. The Morgan fingerprint density at radius 1 is 0.667 bits per heavy atom. The Balaban J connectivity index is 0.000000257. The minimum Gasteiger partial charge on any atom is -0.0991 e. The van der Waals surface area contributed by atoms with E-state index >= 15 is 0 Å². The van der Waals surface area contributed by atoms with E-state index in [9.17, 15) is 0 Å². The molecule has 1 fully saturated rings. The summed E-state index contributed by atoms with van der Waals surface area (Å²) in [6.45, 7) is 10.4. The predicted octanol–water partition coefficient (Wildman–Crippen LogP) is 6.03. The van der Waals surface area contributed by atoms with Crippen molar-refractivity contribution >= 4 is 6.08 Å². The molecule has 0 nitrogen and oxygen atoms in total. The van der Waals surface area contributed by atoms with Crippen molar-refractivity contribution in [3.63, 3.8) is 0 Å². The largest absolute Gasteiger partial charge is 0.0991 e. The summed E-state index contributed by atoms with van der Waals surface area (Å²) in [4.78, 5) is 0. The van der Waals surface area contributed by atoms with Gasteiger partial charge in [-0.1, -0.05) is 107 Å².